The lowest BCUT2D eigenvalue weighted by molar-refractivity contribution is -0.116. The molecule has 1 N–H and O–H groups in total. The van der Waals surface area contributed by atoms with Crippen molar-refractivity contribution >= 4 is 33.2 Å². The molecule has 0 bridgehead atoms. The molecule has 0 spiro atoms. The Morgan fingerprint density at radius 3 is 2.57 bits per heavy atom. The van der Waals surface area contributed by atoms with Gasteiger partial charge in [0.2, 0.25) is 15.9 Å². The fourth-order valence-electron chi connectivity index (χ4n) is 1.86. The maximum atomic E-state index is 11.9. The number of aryl methyl sites for hydroxylation is 1. The van der Waals surface area contributed by atoms with Crippen molar-refractivity contribution in [3.63, 3.8) is 0 Å². The number of carbonyl (C=O) groups is 1. The average molecular weight is 333 g/mol. The summed E-state index contributed by atoms with van der Waals surface area (Å²) in [6.45, 7) is 4.36. The standard InChI is InChI=1S/C14H21ClN2O3S/c1-4-8-17(21(3,19)20)9-7-14(18)16-13-10-12(15)6-5-11(13)2/h5-6,10H,4,7-9H2,1-3H3,(H,16,18). The summed E-state index contributed by atoms with van der Waals surface area (Å²) in [5.41, 5.74) is 1.55. The molecular formula is C14H21ClN2O3S. The lowest BCUT2D eigenvalue weighted by Crippen LogP contribution is -2.33. The SMILES string of the molecule is CCCN(CCC(=O)Nc1cc(Cl)ccc1C)S(C)(=O)=O. The number of benzene rings is 1. The van der Waals surface area contributed by atoms with Crippen molar-refractivity contribution in [2.24, 2.45) is 0 Å². The lowest BCUT2D eigenvalue weighted by Gasteiger charge is -2.18. The second kappa shape index (κ2) is 7.77. The second-order valence-electron chi connectivity index (χ2n) is 4.92. The van der Waals surface area contributed by atoms with Crippen LogP contribution in [-0.4, -0.2) is 38.0 Å². The molecule has 0 radical (unpaired) electrons. The quantitative estimate of drug-likeness (QED) is 0.834. The Bertz CT molecular complexity index is 602. The Balaban J connectivity index is 2.63. The van der Waals surface area contributed by atoms with E-state index in [-0.39, 0.29) is 18.9 Å². The maximum Gasteiger partial charge on any atom is 0.225 e. The summed E-state index contributed by atoms with van der Waals surface area (Å²) < 4.78 is 24.5. The van der Waals surface area contributed by atoms with Gasteiger partial charge >= 0.3 is 0 Å². The number of anilines is 1. The summed E-state index contributed by atoms with van der Waals surface area (Å²) >= 11 is 5.89. The molecule has 7 heteroatoms. The highest BCUT2D eigenvalue weighted by Crippen LogP contribution is 2.20. The van der Waals surface area contributed by atoms with E-state index < -0.39 is 10.0 Å². The van der Waals surface area contributed by atoms with Crippen molar-refractivity contribution < 1.29 is 13.2 Å². The van der Waals surface area contributed by atoms with Crippen LogP contribution in [0.25, 0.3) is 0 Å². The Morgan fingerprint density at radius 1 is 1.33 bits per heavy atom. The highest BCUT2D eigenvalue weighted by atomic mass is 35.5. The van der Waals surface area contributed by atoms with Gasteiger partial charge < -0.3 is 5.32 Å². The van der Waals surface area contributed by atoms with Gasteiger partial charge in [-0.3, -0.25) is 4.79 Å². The third-order valence-electron chi connectivity index (χ3n) is 3.00. The van der Waals surface area contributed by atoms with Gasteiger partial charge in [-0.1, -0.05) is 24.6 Å². The number of amides is 1. The number of rotatable bonds is 7. The normalized spacial score (nSPS) is 11.7. The fourth-order valence-corrected chi connectivity index (χ4v) is 2.97. The number of hydrogen-bond donors (Lipinski definition) is 1. The first-order valence-corrected chi connectivity index (χ1v) is 8.97. The predicted octanol–water partition coefficient (Wildman–Crippen LogP) is 2.65. The first-order chi connectivity index (χ1) is 9.74. The molecule has 1 aromatic rings. The molecule has 0 aliphatic rings. The molecule has 1 rings (SSSR count). The first-order valence-electron chi connectivity index (χ1n) is 6.75. The molecule has 0 fully saturated rings. The summed E-state index contributed by atoms with van der Waals surface area (Å²) in [5.74, 6) is -0.231. The van der Waals surface area contributed by atoms with Crippen LogP contribution in [0.2, 0.25) is 5.02 Å². The molecule has 5 nitrogen and oxygen atoms in total. The zero-order valence-electron chi connectivity index (χ0n) is 12.5. The third-order valence-corrected chi connectivity index (χ3v) is 4.54. The third kappa shape index (κ3) is 6.03. The first kappa shape index (κ1) is 17.9. The topological polar surface area (TPSA) is 66.5 Å². The zero-order valence-corrected chi connectivity index (χ0v) is 14.1. The van der Waals surface area contributed by atoms with Gasteiger partial charge in [0.1, 0.15) is 0 Å². The zero-order chi connectivity index (χ0) is 16.0. The van der Waals surface area contributed by atoms with Crippen molar-refractivity contribution in [1.82, 2.24) is 4.31 Å². The Kier molecular flexibility index (Phi) is 6.64. The lowest BCUT2D eigenvalue weighted by atomic mass is 10.2. The van der Waals surface area contributed by atoms with E-state index >= 15 is 0 Å². The van der Waals surface area contributed by atoms with Gasteiger partial charge in [0.15, 0.2) is 0 Å². The summed E-state index contributed by atoms with van der Waals surface area (Å²) in [6, 6.07) is 5.24. The van der Waals surface area contributed by atoms with Crippen LogP contribution in [0.1, 0.15) is 25.3 Å². The van der Waals surface area contributed by atoms with Gasteiger partial charge in [0.25, 0.3) is 0 Å². The van der Waals surface area contributed by atoms with Crippen molar-refractivity contribution in [3.05, 3.63) is 28.8 Å². The van der Waals surface area contributed by atoms with Gasteiger partial charge in [-0.25, -0.2) is 12.7 Å². The molecule has 0 aromatic heterocycles. The molecule has 0 heterocycles. The summed E-state index contributed by atoms with van der Waals surface area (Å²) in [5, 5.41) is 3.30. The molecular weight excluding hydrogens is 312 g/mol. The number of hydrogen-bond acceptors (Lipinski definition) is 3. The summed E-state index contributed by atoms with van der Waals surface area (Å²) in [4.78, 5) is 11.9. The van der Waals surface area contributed by atoms with Crippen LogP contribution in [0, 0.1) is 6.92 Å². The largest absolute Gasteiger partial charge is 0.326 e. The van der Waals surface area contributed by atoms with Crippen molar-refractivity contribution in [2.75, 3.05) is 24.7 Å². The Labute approximate surface area is 131 Å². The van der Waals surface area contributed by atoms with E-state index in [2.05, 4.69) is 5.32 Å². The number of carbonyl (C=O) groups excluding carboxylic acids is 1. The minimum Gasteiger partial charge on any atom is -0.326 e. The molecule has 0 aliphatic carbocycles. The fraction of sp³-hybridized carbons (Fsp3) is 0.500. The molecule has 0 aliphatic heterocycles. The molecule has 1 amide bonds. The van der Waals surface area contributed by atoms with Gasteiger partial charge in [-0.15, -0.1) is 0 Å². The molecule has 0 saturated heterocycles. The van der Waals surface area contributed by atoms with Gasteiger partial charge in [-0.2, -0.15) is 0 Å². The van der Waals surface area contributed by atoms with Crippen LogP contribution in [0.3, 0.4) is 0 Å². The molecule has 118 valence electrons. The van der Waals surface area contributed by atoms with Crippen molar-refractivity contribution in [1.29, 1.82) is 0 Å². The van der Waals surface area contributed by atoms with E-state index in [0.29, 0.717) is 23.7 Å². The second-order valence-corrected chi connectivity index (χ2v) is 7.34. The molecule has 0 saturated carbocycles. The molecule has 0 atom stereocenters. The van der Waals surface area contributed by atoms with E-state index in [1.807, 2.05) is 19.9 Å². The molecule has 1 aromatic carbocycles. The van der Waals surface area contributed by atoms with Gasteiger partial charge in [0, 0.05) is 30.2 Å². The summed E-state index contributed by atoms with van der Waals surface area (Å²) in [7, 11) is -3.28. The number of nitrogens with zero attached hydrogens (tertiary/aromatic N) is 1. The highest BCUT2D eigenvalue weighted by Gasteiger charge is 2.17. The van der Waals surface area contributed by atoms with E-state index in [9.17, 15) is 13.2 Å². The van der Waals surface area contributed by atoms with Crippen LogP contribution in [0.4, 0.5) is 5.69 Å². The van der Waals surface area contributed by atoms with Gasteiger partial charge in [-0.05, 0) is 31.0 Å². The summed E-state index contributed by atoms with van der Waals surface area (Å²) in [6.07, 6.45) is 1.97. The van der Waals surface area contributed by atoms with Crippen LogP contribution >= 0.6 is 11.6 Å². The number of nitrogens with one attached hydrogen (secondary N) is 1. The molecule has 0 unspecified atom stereocenters. The smallest absolute Gasteiger partial charge is 0.225 e. The number of halogens is 1. The minimum atomic E-state index is -3.28. The highest BCUT2D eigenvalue weighted by molar-refractivity contribution is 7.88. The number of sulfonamides is 1. The van der Waals surface area contributed by atoms with E-state index in [1.54, 1.807) is 12.1 Å². The van der Waals surface area contributed by atoms with E-state index in [4.69, 9.17) is 11.6 Å². The monoisotopic (exact) mass is 332 g/mol. The van der Waals surface area contributed by atoms with Crippen molar-refractivity contribution in [3.8, 4) is 0 Å². The predicted molar refractivity (Wildman–Crippen MR) is 86.1 cm³/mol. The minimum absolute atomic E-state index is 0.110. The van der Waals surface area contributed by atoms with Gasteiger partial charge in [0.05, 0.1) is 6.26 Å². The Hall–Kier alpha value is -1.11. The van der Waals surface area contributed by atoms with E-state index in [1.165, 1.54) is 4.31 Å². The maximum absolute atomic E-state index is 11.9. The van der Waals surface area contributed by atoms with E-state index in [0.717, 1.165) is 11.8 Å². The van der Waals surface area contributed by atoms with Crippen LogP contribution < -0.4 is 5.32 Å². The average Bonchev–Trinajstić information content (AvgIpc) is 2.37. The Morgan fingerprint density at radius 2 is 2.00 bits per heavy atom. The van der Waals surface area contributed by atoms with Crippen LogP contribution in [0.15, 0.2) is 18.2 Å². The van der Waals surface area contributed by atoms with Crippen molar-refractivity contribution in [2.45, 2.75) is 26.7 Å². The van der Waals surface area contributed by atoms with Crippen LogP contribution in [-0.2, 0) is 14.8 Å². The molecule has 21 heavy (non-hydrogen) atoms. The van der Waals surface area contributed by atoms with Crippen LogP contribution in [0.5, 0.6) is 0 Å².